The molecule has 0 spiro atoms. The van der Waals surface area contributed by atoms with E-state index in [1.165, 1.54) is 20.1 Å². The molecule has 4 heterocycles. The average molecular weight is 503 g/mol. The Bertz CT molecular complexity index is 1320. The first-order chi connectivity index (χ1) is 17.0. The standard InChI is InChI=1S/C23H25F3N8O2/c1-12-16(6-7-17(29-12)23(24,25)26)11-34-10-15(9-28-34)8-27-22-30-13(2)18-20(32-22)33(4)19(14(3)36-5)21(35)31-18/h6-7,9-10,19H,3,8,11H2,1-2,4-5H3,(H,31,35)(H,27,30,32)/t19-/m0/s1. The van der Waals surface area contributed by atoms with Crippen LogP contribution in [-0.2, 0) is 28.8 Å². The molecule has 190 valence electrons. The Labute approximate surface area is 205 Å². The number of amides is 1. The van der Waals surface area contributed by atoms with Crippen LogP contribution in [0.4, 0.5) is 30.6 Å². The van der Waals surface area contributed by atoms with E-state index in [0.717, 1.165) is 11.6 Å². The summed E-state index contributed by atoms with van der Waals surface area (Å²) in [7, 11) is 3.18. The first kappa shape index (κ1) is 24.9. The van der Waals surface area contributed by atoms with Gasteiger partial charge < -0.3 is 20.3 Å². The molecular weight excluding hydrogens is 477 g/mol. The van der Waals surface area contributed by atoms with Crippen LogP contribution < -0.4 is 15.5 Å². The number of methoxy groups -OCH3 is 1. The summed E-state index contributed by atoms with van der Waals surface area (Å²) >= 11 is 0. The topological polar surface area (TPSA) is 110 Å². The Kier molecular flexibility index (Phi) is 6.57. The molecule has 1 atom stereocenters. The number of pyridine rings is 1. The molecule has 4 rings (SSSR count). The fourth-order valence-electron chi connectivity index (χ4n) is 3.86. The van der Waals surface area contributed by atoms with Crippen molar-refractivity contribution in [3.8, 4) is 0 Å². The summed E-state index contributed by atoms with van der Waals surface area (Å²) in [5, 5.41) is 10.3. The van der Waals surface area contributed by atoms with E-state index in [1.807, 2.05) is 0 Å². The van der Waals surface area contributed by atoms with Gasteiger partial charge in [-0.25, -0.2) is 9.97 Å². The molecule has 1 amide bonds. The predicted octanol–water partition coefficient (Wildman–Crippen LogP) is 3.28. The van der Waals surface area contributed by atoms with E-state index < -0.39 is 17.9 Å². The number of carbonyl (C=O) groups excluding carboxylic acids is 1. The number of aromatic nitrogens is 5. The summed E-state index contributed by atoms with van der Waals surface area (Å²) in [6, 6.07) is 1.65. The van der Waals surface area contributed by atoms with Crippen LogP contribution in [-0.4, -0.2) is 50.8 Å². The molecule has 0 aromatic carbocycles. The van der Waals surface area contributed by atoms with Gasteiger partial charge >= 0.3 is 6.18 Å². The minimum atomic E-state index is -4.48. The Morgan fingerprint density at radius 2 is 1.97 bits per heavy atom. The van der Waals surface area contributed by atoms with Gasteiger partial charge in [-0.15, -0.1) is 0 Å². The number of nitrogens with one attached hydrogen (secondary N) is 2. The summed E-state index contributed by atoms with van der Waals surface area (Å²) in [5.41, 5.74) is 1.93. The number of aryl methyl sites for hydroxylation is 2. The van der Waals surface area contributed by atoms with Crippen LogP contribution in [0.2, 0.25) is 0 Å². The quantitative estimate of drug-likeness (QED) is 0.474. The fourth-order valence-corrected chi connectivity index (χ4v) is 3.86. The Morgan fingerprint density at radius 1 is 1.22 bits per heavy atom. The number of halogens is 3. The molecular formula is C23H25F3N8O2. The summed E-state index contributed by atoms with van der Waals surface area (Å²) in [6.45, 7) is 7.74. The van der Waals surface area contributed by atoms with Gasteiger partial charge in [0.25, 0.3) is 5.91 Å². The second kappa shape index (κ2) is 9.47. The average Bonchev–Trinajstić information content (AvgIpc) is 3.26. The molecule has 10 nitrogen and oxygen atoms in total. The highest BCUT2D eigenvalue weighted by atomic mass is 19.4. The number of anilines is 3. The van der Waals surface area contributed by atoms with Crippen molar-refractivity contribution < 1.29 is 22.7 Å². The lowest BCUT2D eigenvalue weighted by Gasteiger charge is -2.34. The number of rotatable bonds is 7. The molecule has 0 bridgehead atoms. The van der Waals surface area contributed by atoms with Gasteiger partial charge in [0.2, 0.25) is 5.95 Å². The van der Waals surface area contributed by atoms with Crippen molar-refractivity contribution >= 4 is 23.4 Å². The fraction of sp³-hybridized carbons (Fsp3) is 0.348. The van der Waals surface area contributed by atoms with Crippen molar-refractivity contribution in [2.24, 2.45) is 0 Å². The first-order valence-electron chi connectivity index (χ1n) is 10.9. The van der Waals surface area contributed by atoms with Gasteiger partial charge in [0.05, 0.1) is 25.5 Å². The molecule has 13 heteroatoms. The van der Waals surface area contributed by atoms with Crippen molar-refractivity contribution in [1.82, 2.24) is 24.7 Å². The smallest absolute Gasteiger partial charge is 0.433 e. The van der Waals surface area contributed by atoms with Crippen LogP contribution in [0.25, 0.3) is 0 Å². The normalized spacial score (nSPS) is 15.4. The number of likely N-dealkylation sites (N-methyl/N-ethyl adjacent to an activating group) is 1. The number of ether oxygens (including phenoxy) is 1. The van der Waals surface area contributed by atoms with Crippen LogP contribution in [0.5, 0.6) is 0 Å². The summed E-state index contributed by atoms with van der Waals surface area (Å²) in [6.07, 6.45) is -1.06. The van der Waals surface area contributed by atoms with E-state index in [9.17, 15) is 18.0 Å². The van der Waals surface area contributed by atoms with E-state index in [4.69, 9.17) is 4.74 Å². The van der Waals surface area contributed by atoms with Crippen LogP contribution in [0.1, 0.15) is 28.2 Å². The third-order valence-corrected chi connectivity index (χ3v) is 5.81. The molecule has 0 unspecified atom stereocenters. The number of nitrogens with zero attached hydrogens (tertiary/aromatic N) is 6. The molecule has 2 N–H and O–H groups in total. The zero-order valence-electron chi connectivity index (χ0n) is 20.1. The van der Waals surface area contributed by atoms with Crippen LogP contribution in [0, 0.1) is 13.8 Å². The molecule has 0 aliphatic carbocycles. The molecule has 3 aromatic rings. The van der Waals surface area contributed by atoms with Gasteiger partial charge in [-0.1, -0.05) is 12.6 Å². The van der Waals surface area contributed by atoms with E-state index in [1.54, 1.807) is 35.9 Å². The first-order valence-corrected chi connectivity index (χ1v) is 10.9. The summed E-state index contributed by atoms with van der Waals surface area (Å²) in [4.78, 5) is 26.8. The summed E-state index contributed by atoms with van der Waals surface area (Å²) in [5.74, 6) is 0.882. The molecule has 1 aliphatic rings. The Hall–Kier alpha value is -4.16. The van der Waals surface area contributed by atoms with Crippen LogP contribution in [0.3, 0.4) is 0 Å². The van der Waals surface area contributed by atoms with Gasteiger partial charge in [0.15, 0.2) is 11.9 Å². The van der Waals surface area contributed by atoms with Crippen molar-refractivity contribution in [2.75, 3.05) is 29.7 Å². The Morgan fingerprint density at radius 3 is 2.64 bits per heavy atom. The number of fused-ring (bicyclic) bond motifs is 1. The zero-order valence-corrected chi connectivity index (χ0v) is 20.1. The highest BCUT2D eigenvalue weighted by Crippen LogP contribution is 2.34. The molecule has 36 heavy (non-hydrogen) atoms. The SMILES string of the molecule is C=C(OC)[C@H]1C(=O)Nc2c(C)nc(NCc3cnn(Cc4ccc(C(F)(F)F)nc4C)c3)nc2N1C. The summed E-state index contributed by atoms with van der Waals surface area (Å²) < 4.78 is 45.4. The monoisotopic (exact) mass is 502 g/mol. The highest BCUT2D eigenvalue weighted by molar-refractivity contribution is 6.04. The van der Waals surface area contributed by atoms with Gasteiger partial charge in [-0.3, -0.25) is 9.48 Å². The van der Waals surface area contributed by atoms with E-state index in [2.05, 4.69) is 37.3 Å². The second-order valence-corrected chi connectivity index (χ2v) is 8.34. The number of carbonyl (C=O) groups is 1. The number of hydrogen-bond donors (Lipinski definition) is 2. The van der Waals surface area contributed by atoms with E-state index >= 15 is 0 Å². The maximum atomic E-state index is 12.9. The van der Waals surface area contributed by atoms with Gasteiger partial charge in [0.1, 0.15) is 17.1 Å². The lowest BCUT2D eigenvalue weighted by molar-refractivity contribution is -0.141. The van der Waals surface area contributed by atoms with Gasteiger partial charge in [-0.05, 0) is 25.5 Å². The lowest BCUT2D eigenvalue weighted by Crippen LogP contribution is -2.48. The van der Waals surface area contributed by atoms with Crippen molar-refractivity contribution in [1.29, 1.82) is 0 Å². The van der Waals surface area contributed by atoms with Crippen molar-refractivity contribution in [2.45, 2.75) is 39.2 Å². The molecule has 0 radical (unpaired) electrons. The van der Waals surface area contributed by atoms with Crippen molar-refractivity contribution in [3.05, 3.63) is 65.1 Å². The molecule has 0 saturated carbocycles. The highest BCUT2D eigenvalue weighted by Gasteiger charge is 2.36. The third kappa shape index (κ3) is 4.95. The number of hydrogen-bond acceptors (Lipinski definition) is 8. The molecule has 0 saturated heterocycles. The predicted molar refractivity (Wildman–Crippen MR) is 126 cm³/mol. The second-order valence-electron chi connectivity index (χ2n) is 8.34. The molecule has 3 aromatic heterocycles. The minimum absolute atomic E-state index is 0.278. The minimum Gasteiger partial charge on any atom is -0.499 e. The maximum absolute atomic E-state index is 12.9. The van der Waals surface area contributed by atoms with Crippen molar-refractivity contribution in [3.63, 3.8) is 0 Å². The Balaban J connectivity index is 1.46. The number of alkyl halides is 3. The van der Waals surface area contributed by atoms with E-state index in [0.29, 0.717) is 40.9 Å². The lowest BCUT2D eigenvalue weighted by atomic mass is 10.1. The largest absolute Gasteiger partial charge is 0.499 e. The molecule has 0 fully saturated rings. The zero-order chi connectivity index (χ0) is 26.2. The van der Waals surface area contributed by atoms with Crippen LogP contribution in [0.15, 0.2) is 36.9 Å². The third-order valence-electron chi connectivity index (χ3n) is 5.81. The maximum Gasteiger partial charge on any atom is 0.433 e. The van der Waals surface area contributed by atoms with Gasteiger partial charge in [-0.2, -0.15) is 23.3 Å². The van der Waals surface area contributed by atoms with E-state index in [-0.39, 0.29) is 18.2 Å². The van der Waals surface area contributed by atoms with Gasteiger partial charge in [0, 0.05) is 31.0 Å². The molecule has 1 aliphatic heterocycles. The van der Waals surface area contributed by atoms with Crippen LogP contribution >= 0.6 is 0 Å².